The van der Waals surface area contributed by atoms with Crippen molar-refractivity contribution in [2.75, 3.05) is 16.8 Å². The lowest BCUT2D eigenvalue weighted by Gasteiger charge is -2.19. The molecule has 1 saturated heterocycles. The summed E-state index contributed by atoms with van der Waals surface area (Å²) in [4.78, 5) is 52.0. The van der Waals surface area contributed by atoms with E-state index in [0.717, 1.165) is 17.5 Å². The number of carbonyl (C=O) groups excluding carboxylic acids is 4. The number of ether oxygens (including phenoxy) is 1. The van der Waals surface area contributed by atoms with Crippen LogP contribution in [0.25, 0.3) is 0 Å². The van der Waals surface area contributed by atoms with Gasteiger partial charge in [0, 0.05) is 5.69 Å². The molecule has 7 nitrogen and oxygen atoms in total. The average molecular weight is 459 g/mol. The summed E-state index contributed by atoms with van der Waals surface area (Å²) in [5.74, 6) is -1.67. The van der Waals surface area contributed by atoms with Crippen molar-refractivity contribution >= 4 is 35.1 Å². The lowest BCUT2D eigenvalue weighted by atomic mass is 9.82. The molecule has 2 fully saturated rings. The van der Waals surface area contributed by atoms with Crippen LogP contribution in [0.3, 0.4) is 0 Å². The Bertz CT molecular complexity index is 1250. The molecule has 34 heavy (non-hydrogen) atoms. The maximum Gasteiger partial charge on any atom is 0.338 e. The summed E-state index contributed by atoms with van der Waals surface area (Å²) in [5.41, 5.74) is 4.56. The summed E-state index contributed by atoms with van der Waals surface area (Å²) in [6, 6.07) is 11.7. The van der Waals surface area contributed by atoms with E-state index in [2.05, 4.69) is 11.4 Å². The minimum atomic E-state index is -0.656. The van der Waals surface area contributed by atoms with Crippen molar-refractivity contribution in [3.63, 3.8) is 0 Å². The third-order valence-corrected chi connectivity index (χ3v) is 7.45. The van der Waals surface area contributed by atoms with Gasteiger partial charge in [-0.1, -0.05) is 23.8 Å². The number of esters is 1. The Morgan fingerprint density at radius 1 is 1.00 bits per heavy atom. The second-order valence-electron chi connectivity index (χ2n) is 9.40. The lowest BCUT2D eigenvalue weighted by molar-refractivity contribution is -0.123. The van der Waals surface area contributed by atoms with Crippen molar-refractivity contribution < 1.29 is 23.9 Å². The van der Waals surface area contributed by atoms with Crippen molar-refractivity contribution in [3.8, 4) is 0 Å². The highest BCUT2D eigenvalue weighted by atomic mass is 16.5. The van der Waals surface area contributed by atoms with Crippen LogP contribution in [0, 0.1) is 37.5 Å². The van der Waals surface area contributed by atoms with Crippen LogP contribution in [0.5, 0.6) is 0 Å². The first kappa shape index (κ1) is 22.1. The molecule has 1 heterocycles. The molecule has 4 atom stereocenters. The number of nitrogens with zero attached hydrogens (tertiary/aromatic N) is 1. The third kappa shape index (κ3) is 3.52. The second kappa shape index (κ2) is 8.24. The Balaban J connectivity index is 1.21. The summed E-state index contributed by atoms with van der Waals surface area (Å²) in [5, 5.41) is 2.75. The normalized spacial score (nSPS) is 24.8. The van der Waals surface area contributed by atoms with Crippen LogP contribution >= 0.6 is 0 Å². The van der Waals surface area contributed by atoms with Gasteiger partial charge >= 0.3 is 5.97 Å². The van der Waals surface area contributed by atoms with Crippen molar-refractivity contribution in [1.29, 1.82) is 0 Å². The summed E-state index contributed by atoms with van der Waals surface area (Å²) < 4.78 is 5.14. The number of fused-ring (bicyclic) bond motifs is 5. The molecule has 3 amide bonds. The second-order valence-corrected chi connectivity index (χ2v) is 9.40. The van der Waals surface area contributed by atoms with Gasteiger partial charge in [0.15, 0.2) is 6.61 Å². The fraction of sp³-hybridized carbons (Fsp3) is 0.333. The molecule has 3 aliphatic rings. The van der Waals surface area contributed by atoms with E-state index in [1.807, 2.05) is 32.9 Å². The zero-order valence-electron chi connectivity index (χ0n) is 19.3. The van der Waals surface area contributed by atoms with Crippen LogP contribution in [0.4, 0.5) is 11.4 Å². The van der Waals surface area contributed by atoms with E-state index in [9.17, 15) is 19.2 Å². The number of hydrogen-bond donors (Lipinski definition) is 1. The molecular formula is C27H26N2O5. The number of carbonyl (C=O) groups is 4. The van der Waals surface area contributed by atoms with Crippen LogP contribution in [0.1, 0.15) is 34.8 Å². The molecule has 0 aromatic heterocycles. The van der Waals surface area contributed by atoms with E-state index >= 15 is 0 Å². The molecule has 2 aliphatic carbocycles. The maximum atomic E-state index is 13.1. The first-order valence-electron chi connectivity index (χ1n) is 11.5. The number of anilines is 2. The largest absolute Gasteiger partial charge is 0.452 e. The van der Waals surface area contributed by atoms with Gasteiger partial charge in [-0.2, -0.15) is 0 Å². The highest BCUT2D eigenvalue weighted by molar-refractivity contribution is 6.23. The van der Waals surface area contributed by atoms with Gasteiger partial charge in [-0.15, -0.1) is 0 Å². The molecule has 2 aromatic rings. The zero-order valence-corrected chi connectivity index (χ0v) is 19.3. The van der Waals surface area contributed by atoms with Crippen molar-refractivity contribution in [1.82, 2.24) is 0 Å². The molecule has 174 valence electrons. The molecule has 2 bridgehead atoms. The lowest BCUT2D eigenvalue weighted by Crippen LogP contribution is -2.33. The van der Waals surface area contributed by atoms with Gasteiger partial charge in [0.1, 0.15) is 0 Å². The predicted molar refractivity (Wildman–Crippen MR) is 126 cm³/mol. The maximum absolute atomic E-state index is 13.1. The number of aryl methyl sites for hydroxylation is 1. The number of benzene rings is 2. The quantitative estimate of drug-likeness (QED) is 0.418. The van der Waals surface area contributed by atoms with Crippen molar-refractivity contribution in [3.05, 3.63) is 70.8 Å². The smallest absolute Gasteiger partial charge is 0.338 e. The van der Waals surface area contributed by atoms with E-state index in [4.69, 9.17) is 4.74 Å². The Labute approximate surface area is 197 Å². The summed E-state index contributed by atoms with van der Waals surface area (Å²) in [7, 11) is 0. The Morgan fingerprint density at radius 2 is 1.71 bits per heavy atom. The Kier molecular flexibility index (Phi) is 5.35. The first-order valence-corrected chi connectivity index (χ1v) is 11.5. The monoisotopic (exact) mass is 458 g/mol. The van der Waals surface area contributed by atoms with Gasteiger partial charge in [0.2, 0.25) is 11.8 Å². The average Bonchev–Trinajstić information content (AvgIpc) is 3.45. The van der Waals surface area contributed by atoms with Gasteiger partial charge in [-0.25, -0.2) is 4.79 Å². The van der Waals surface area contributed by atoms with E-state index < -0.39 is 18.5 Å². The highest BCUT2D eigenvalue weighted by Gasteiger charge is 2.60. The SMILES string of the molecule is CC1=C[C@H]2C[C@H]1[C@@H]1C(=O)N(c3ccc(C(=O)OCC(=O)Nc4cccc(C)c4C)cc3)C(=O)[C@@H]12. The number of allylic oxidation sites excluding steroid dienone is 2. The molecule has 7 heteroatoms. The fourth-order valence-electron chi connectivity index (χ4n) is 5.56. The van der Waals surface area contributed by atoms with Crippen LogP contribution in [-0.4, -0.2) is 30.3 Å². The van der Waals surface area contributed by atoms with Crippen molar-refractivity contribution in [2.24, 2.45) is 23.7 Å². The van der Waals surface area contributed by atoms with Crippen LogP contribution < -0.4 is 10.2 Å². The Hall–Kier alpha value is -3.74. The van der Waals surface area contributed by atoms with Crippen LogP contribution in [0.2, 0.25) is 0 Å². The molecule has 0 radical (unpaired) electrons. The molecule has 5 rings (SSSR count). The molecule has 0 spiro atoms. The first-order chi connectivity index (χ1) is 16.3. The van der Waals surface area contributed by atoms with E-state index in [-0.39, 0.29) is 41.0 Å². The van der Waals surface area contributed by atoms with E-state index in [0.29, 0.717) is 11.4 Å². The topological polar surface area (TPSA) is 92.8 Å². The highest BCUT2D eigenvalue weighted by Crippen LogP contribution is 2.55. The van der Waals surface area contributed by atoms with Gasteiger partial charge in [0.05, 0.1) is 23.1 Å². The minimum absolute atomic E-state index is 0.139. The fourth-order valence-corrected chi connectivity index (χ4v) is 5.56. The van der Waals surface area contributed by atoms with Crippen LogP contribution in [0.15, 0.2) is 54.1 Å². The number of rotatable bonds is 5. The Morgan fingerprint density at radius 3 is 2.44 bits per heavy atom. The number of imide groups is 1. The predicted octanol–water partition coefficient (Wildman–Crippen LogP) is 3.80. The zero-order chi connectivity index (χ0) is 24.1. The van der Waals surface area contributed by atoms with E-state index in [1.165, 1.54) is 22.6 Å². The summed E-state index contributed by atoms with van der Waals surface area (Å²) >= 11 is 0. The molecular weight excluding hydrogens is 432 g/mol. The third-order valence-electron chi connectivity index (χ3n) is 7.45. The van der Waals surface area contributed by atoms with Gasteiger partial charge in [-0.05, 0) is 80.5 Å². The molecule has 1 aliphatic heterocycles. The molecule has 0 unspecified atom stereocenters. The summed E-state index contributed by atoms with van der Waals surface area (Å²) in [6.45, 7) is 5.47. The van der Waals surface area contributed by atoms with E-state index in [1.54, 1.807) is 18.2 Å². The number of amides is 3. The number of hydrogen-bond acceptors (Lipinski definition) is 5. The molecule has 1 N–H and O–H groups in total. The summed E-state index contributed by atoms with van der Waals surface area (Å²) in [6.07, 6.45) is 3.02. The minimum Gasteiger partial charge on any atom is -0.452 e. The molecule has 2 aromatic carbocycles. The molecule has 1 saturated carbocycles. The van der Waals surface area contributed by atoms with Crippen LogP contribution in [-0.2, 0) is 19.1 Å². The standard InChI is InChI=1S/C27H26N2O5/c1-14-5-4-6-21(16(14)3)28-22(30)13-34-27(33)17-7-9-19(10-8-17)29-25(31)23-18-11-15(2)20(12-18)24(23)26(29)32/h4-11,18,20,23-24H,12-13H2,1-3H3,(H,28,30)/t18-,20+,23+,24-/m0/s1. The van der Waals surface area contributed by atoms with Crippen molar-refractivity contribution in [2.45, 2.75) is 27.2 Å². The van der Waals surface area contributed by atoms with Gasteiger partial charge in [0.25, 0.3) is 5.91 Å². The van der Waals surface area contributed by atoms with Gasteiger partial charge in [-0.3, -0.25) is 19.3 Å². The van der Waals surface area contributed by atoms with Gasteiger partial charge < -0.3 is 10.1 Å². The number of nitrogens with one attached hydrogen (secondary N) is 1.